The summed E-state index contributed by atoms with van der Waals surface area (Å²) < 4.78 is 28.5. The molecule has 3 rings (SSSR count). The lowest BCUT2D eigenvalue weighted by Crippen LogP contribution is -2.28. The second-order valence-corrected chi connectivity index (χ2v) is 7.21. The smallest absolute Gasteiger partial charge is 0.266 e. The van der Waals surface area contributed by atoms with Crippen LogP contribution in [0.1, 0.15) is 5.56 Å². The maximum Gasteiger partial charge on any atom is 0.266 e. The van der Waals surface area contributed by atoms with Gasteiger partial charge in [0.2, 0.25) is 5.95 Å². The summed E-state index contributed by atoms with van der Waals surface area (Å²) in [4.78, 5) is 4.69. The van der Waals surface area contributed by atoms with Gasteiger partial charge in [-0.15, -0.1) is 0 Å². The fourth-order valence-electron chi connectivity index (χ4n) is 2.39. The Morgan fingerprint density at radius 3 is 2.32 bits per heavy atom. The molecule has 1 heterocycles. The van der Waals surface area contributed by atoms with E-state index < -0.39 is 10.0 Å². The Hall–Kier alpha value is -2.34. The van der Waals surface area contributed by atoms with E-state index >= 15 is 0 Å². The van der Waals surface area contributed by atoms with Gasteiger partial charge in [0.25, 0.3) is 10.0 Å². The molecule has 3 aromatic rings. The van der Waals surface area contributed by atoms with Crippen molar-refractivity contribution < 1.29 is 8.42 Å². The van der Waals surface area contributed by atoms with Crippen LogP contribution in [-0.2, 0) is 17.1 Å². The molecular weight excluding hydrogens is 298 g/mol. The number of hydrogen-bond acceptors (Lipinski definition) is 3. The van der Waals surface area contributed by atoms with Crippen LogP contribution in [0.5, 0.6) is 0 Å². The molecule has 0 unspecified atom stereocenters. The molecule has 1 aromatic heterocycles. The molecule has 0 saturated heterocycles. The van der Waals surface area contributed by atoms with Crippen molar-refractivity contribution in [2.45, 2.75) is 11.8 Å². The number of aromatic nitrogens is 2. The van der Waals surface area contributed by atoms with E-state index in [2.05, 4.69) is 4.98 Å². The minimum atomic E-state index is -3.63. The average molecular weight is 315 g/mol. The normalized spacial score (nSPS) is 11.8. The highest BCUT2D eigenvalue weighted by molar-refractivity contribution is 7.92. The number of benzene rings is 2. The lowest BCUT2D eigenvalue weighted by molar-refractivity contribution is 0.592. The van der Waals surface area contributed by atoms with Crippen molar-refractivity contribution in [3.8, 4) is 0 Å². The maximum absolute atomic E-state index is 12.7. The average Bonchev–Trinajstić information content (AvgIpc) is 2.84. The van der Waals surface area contributed by atoms with Gasteiger partial charge in [-0.3, -0.25) is 0 Å². The zero-order chi connectivity index (χ0) is 15.9. The van der Waals surface area contributed by atoms with E-state index in [1.54, 1.807) is 28.8 Å². The Bertz CT molecular complexity index is 928. The SMILES string of the molecule is Cc1ccc(S(=O)(=O)N(C)c2nc3ccccc3n2C)cc1. The summed E-state index contributed by atoms with van der Waals surface area (Å²) in [5.41, 5.74) is 2.68. The topological polar surface area (TPSA) is 55.2 Å². The highest BCUT2D eigenvalue weighted by atomic mass is 32.2. The summed E-state index contributed by atoms with van der Waals surface area (Å²) in [5.74, 6) is 0.391. The number of sulfonamides is 1. The fourth-order valence-corrected chi connectivity index (χ4v) is 3.56. The van der Waals surface area contributed by atoms with E-state index in [0.717, 1.165) is 16.6 Å². The van der Waals surface area contributed by atoms with Crippen LogP contribution in [0.2, 0.25) is 0 Å². The molecule has 22 heavy (non-hydrogen) atoms. The Labute approximate surface area is 129 Å². The first-order chi connectivity index (χ1) is 10.4. The molecule has 5 nitrogen and oxygen atoms in total. The Morgan fingerprint density at radius 2 is 1.68 bits per heavy atom. The molecule has 6 heteroatoms. The van der Waals surface area contributed by atoms with Crippen molar-refractivity contribution >= 4 is 27.0 Å². The van der Waals surface area contributed by atoms with Gasteiger partial charge >= 0.3 is 0 Å². The van der Waals surface area contributed by atoms with E-state index in [1.165, 1.54) is 11.4 Å². The highest BCUT2D eigenvalue weighted by Crippen LogP contribution is 2.25. The minimum Gasteiger partial charge on any atom is -0.312 e. The van der Waals surface area contributed by atoms with Gasteiger partial charge in [-0.2, -0.15) is 0 Å². The zero-order valence-electron chi connectivity index (χ0n) is 12.7. The quantitative estimate of drug-likeness (QED) is 0.747. The fraction of sp³-hybridized carbons (Fsp3) is 0.188. The molecule has 0 saturated carbocycles. The van der Waals surface area contributed by atoms with Crippen LogP contribution >= 0.6 is 0 Å². The van der Waals surface area contributed by atoms with Crippen LogP contribution in [-0.4, -0.2) is 25.0 Å². The first-order valence-electron chi connectivity index (χ1n) is 6.88. The Morgan fingerprint density at radius 1 is 1.05 bits per heavy atom. The molecule has 2 aromatic carbocycles. The Kier molecular flexibility index (Phi) is 3.41. The first kappa shape index (κ1) is 14.6. The number of imidazole rings is 1. The summed E-state index contributed by atoms with van der Waals surface area (Å²) in [7, 11) is -0.293. The third-order valence-electron chi connectivity index (χ3n) is 3.72. The Balaban J connectivity index is 2.10. The van der Waals surface area contributed by atoms with Crippen molar-refractivity contribution in [3.63, 3.8) is 0 Å². The molecule has 0 aliphatic carbocycles. The van der Waals surface area contributed by atoms with Crippen LogP contribution in [0, 0.1) is 6.92 Å². The summed E-state index contributed by atoms with van der Waals surface area (Å²) in [6.07, 6.45) is 0. The van der Waals surface area contributed by atoms with Gasteiger partial charge in [-0.05, 0) is 31.2 Å². The van der Waals surface area contributed by atoms with Crippen molar-refractivity contribution in [1.29, 1.82) is 0 Å². The van der Waals surface area contributed by atoms with Crippen LogP contribution < -0.4 is 4.31 Å². The van der Waals surface area contributed by atoms with Gasteiger partial charge in [-0.1, -0.05) is 29.8 Å². The number of fused-ring (bicyclic) bond motifs is 1. The summed E-state index contributed by atoms with van der Waals surface area (Å²) >= 11 is 0. The van der Waals surface area contributed by atoms with Crippen molar-refractivity contribution in [2.75, 3.05) is 11.4 Å². The predicted octanol–water partition coefficient (Wildman–Crippen LogP) is 2.71. The van der Waals surface area contributed by atoms with Gasteiger partial charge in [-0.25, -0.2) is 17.7 Å². The minimum absolute atomic E-state index is 0.257. The lowest BCUT2D eigenvalue weighted by Gasteiger charge is -2.18. The molecule has 0 N–H and O–H groups in total. The molecular formula is C16H17N3O2S. The molecule has 0 radical (unpaired) electrons. The summed E-state index contributed by atoms with van der Waals surface area (Å²) in [6, 6.07) is 14.4. The van der Waals surface area contributed by atoms with Crippen molar-refractivity contribution in [2.24, 2.45) is 7.05 Å². The molecule has 0 spiro atoms. The van der Waals surface area contributed by atoms with Gasteiger partial charge in [0.1, 0.15) is 0 Å². The second-order valence-electron chi connectivity index (χ2n) is 5.25. The van der Waals surface area contributed by atoms with E-state index in [0.29, 0.717) is 5.95 Å². The maximum atomic E-state index is 12.7. The largest absolute Gasteiger partial charge is 0.312 e. The number of nitrogens with zero attached hydrogens (tertiary/aromatic N) is 3. The third-order valence-corrected chi connectivity index (χ3v) is 5.48. The molecule has 0 amide bonds. The van der Waals surface area contributed by atoms with Crippen molar-refractivity contribution in [1.82, 2.24) is 9.55 Å². The van der Waals surface area contributed by atoms with Crippen LogP contribution in [0.4, 0.5) is 5.95 Å². The van der Waals surface area contributed by atoms with E-state index in [9.17, 15) is 8.42 Å². The van der Waals surface area contributed by atoms with E-state index in [1.807, 2.05) is 38.2 Å². The molecule has 0 atom stereocenters. The van der Waals surface area contributed by atoms with Gasteiger partial charge in [0, 0.05) is 14.1 Å². The molecule has 0 aliphatic heterocycles. The molecule has 114 valence electrons. The van der Waals surface area contributed by atoms with Gasteiger partial charge in [0.05, 0.1) is 15.9 Å². The second kappa shape index (κ2) is 5.14. The van der Waals surface area contributed by atoms with Gasteiger partial charge in [0.15, 0.2) is 0 Å². The first-order valence-corrected chi connectivity index (χ1v) is 8.32. The monoisotopic (exact) mass is 315 g/mol. The predicted molar refractivity (Wildman–Crippen MR) is 87.5 cm³/mol. The summed E-state index contributed by atoms with van der Waals surface area (Å²) in [6.45, 7) is 1.92. The number of hydrogen-bond donors (Lipinski definition) is 0. The molecule has 0 fully saturated rings. The number of rotatable bonds is 3. The van der Waals surface area contributed by atoms with Crippen LogP contribution in [0.15, 0.2) is 53.4 Å². The van der Waals surface area contributed by atoms with Crippen LogP contribution in [0.3, 0.4) is 0 Å². The van der Waals surface area contributed by atoms with Gasteiger partial charge < -0.3 is 4.57 Å². The van der Waals surface area contributed by atoms with Crippen molar-refractivity contribution in [3.05, 3.63) is 54.1 Å². The lowest BCUT2D eigenvalue weighted by atomic mass is 10.2. The number of aryl methyl sites for hydroxylation is 2. The molecule has 0 aliphatic rings. The summed E-state index contributed by atoms with van der Waals surface area (Å²) in [5, 5.41) is 0. The zero-order valence-corrected chi connectivity index (χ0v) is 13.5. The molecule has 0 bridgehead atoms. The number of para-hydroxylation sites is 2. The number of anilines is 1. The van der Waals surface area contributed by atoms with E-state index in [-0.39, 0.29) is 4.90 Å². The third kappa shape index (κ3) is 2.25. The standard InChI is InChI=1S/C16H17N3O2S/c1-12-8-10-13(11-9-12)22(20,21)19(3)16-17-14-6-4-5-7-15(14)18(16)2/h4-11H,1-3H3. The van der Waals surface area contributed by atoms with E-state index in [4.69, 9.17) is 0 Å². The van der Waals surface area contributed by atoms with Crippen LogP contribution in [0.25, 0.3) is 11.0 Å². The highest BCUT2D eigenvalue weighted by Gasteiger charge is 2.25.